The highest BCUT2D eigenvalue weighted by Crippen LogP contribution is 2.29. The molecule has 1 atom stereocenters. The van der Waals surface area contributed by atoms with Crippen LogP contribution in [0.4, 0.5) is 11.4 Å². The first-order valence-electron chi connectivity index (χ1n) is 5.33. The number of hydrogen-bond acceptors (Lipinski definition) is 5. The summed E-state index contributed by atoms with van der Waals surface area (Å²) in [4.78, 5) is 21.7. The number of nitro groups is 1. The minimum Gasteiger partial charge on any atom is -0.494 e. The lowest BCUT2D eigenvalue weighted by molar-refractivity contribution is -0.384. The van der Waals surface area contributed by atoms with Crippen molar-refractivity contribution >= 4 is 17.3 Å². The number of methoxy groups -OCH3 is 1. The summed E-state index contributed by atoms with van der Waals surface area (Å²) in [6.07, 6.45) is 0. The van der Waals surface area contributed by atoms with Crippen molar-refractivity contribution in [2.75, 3.05) is 19.0 Å². The predicted molar refractivity (Wildman–Crippen MR) is 66.5 cm³/mol. The van der Waals surface area contributed by atoms with Crippen LogP contribution in [0.1, 0.15) is 6.92 Å². The number of carbonyl (C=O) groups excluding carboxylic acids is 1. The average Bonchev–Trinajstić information content (AvgIpc) is 2.37. The quantitative estimate of drug-likeness (QED) is 0.604. The monoisotopic (exact) mass is 253 g/mol. The van der Waals surface area contributed by atoms with Gasteiger partial charge >= 0.3 is 0 Å². The number of ether oxygens (including phenoxy) is 1. The van der Waals surface area contributed by atoms with E-state index in [9.17, 15) is 14.9 Å². The zero-order valence-electron chi connectivity index (χ0n) is 10.2. The molecule has 0 bridgehead atoms. The Hall–Kier alpha value is -2.15. The van der Waals surface area contributed by atoms with Crippen molar-refractivity contribution in [3.63, 3.8) is 0 Å². The summed E-state index contributed by atoms with van der Waals surface area (Å²) in [5.74, 6) is -0.365. The first-order chi connectivity index (χ1) is 8.49. The summed E-state index contributed by atoms with van der Waals surface area (Å²) >= 11 is 0. The summed E-state index contributed by atoms with van der Waals surface area (Å²) in [5.41, 5.74) is 5.66. The van der Waals surface area contributed by atoms with Crippen LogP contribution in [0.3, 0.4) is 0 Å². The zero-order chi connectivity index (χ0) is 13.7. The Morgan fingerprint density at radius 1 is 1.61 bits per heavy atom. The molecular formula is C11H15N3O4. The van der Waals surface area contributed by atoms with E-state index < -0.39 is 4.92 Å². The summed E-state index contributed by atoms with van der Waals surface area (Å²) in [6, 6.07) is 3.98. The first-order valence-corrected chi connectivity index (χ1v) is 5.33. The number of hydrogen-bond donors (Lipinski definition) is 2. The van der Waals surface area contributed by atoms with Crippen LogP contribution >= 0.6 is 0 Å². The molecule has 0 aliphatic heterocycles. The van der Waals surface area contributed by atoms with Crippen LogP contribution in [-0.4, -0.2) is 24.5 Å². The molecule has 18 heavy (non-hydrogen) atoms. The highest BCUT2D eigenvalue weighted by atomic mass is 16.6. The minimum absolute atomic E-state index is 0.100. The van der Waals surface area contributed by atoms with Gasteiger partial charge in [-0.05, 0) is 6.07 Å². The second-order valence-corrected chi connectivity index (χ2v) is 3.77. The number of rotatable bonds is 5. The molecule has 0 saturated carbocycles. The van der Waals surface area contributed by atoms with Crippen molar-refractivity contribution in [2.24, 2.45) is 11.7 Å². The molecule has 0 aromatic heterocycles. The van der Waals surface area contributed by atoms with Crippen LogP contribution < -0.4 is 15.8 Å². The highest BCUT2D eigenvalue weighted by molar-refractivity contribution is 5.94. The number of nitrogens with zero attached hydrogens (tertiary/aromatic N) is 1. The van der Waals surface area contributed by atoms with Gasteiger partial charge in [0.1, 0.15) is 5.75 Å². The van der Waals surface area contributed by atoms with Crippen LogP contribution in [-0.2, 0) is 4.79 Å². The lowest BCUT2D eigenvalue weighted by atomic mass is 10.1. The van der Waals surface area contributed by atoms with Gasteiger partial charge in [0.05, 0.1) is 23.8 Å². The minimum atomic E-state index is -0.531. The van der Waals surface area contributed by atoms with E-state index in [2.05, 4.69) is 5.32 Å². The van der Waals surface area contributed by atoms with E-state index in [1.54, 1.807) is 6.92 Å². The topological polar surface area (TPSA) is 107 Å². The van der Waals surface area contributed by atoms with Crippen molar-refractivity contribution < 1.29 is 14.5 Å². The average molecular weight is 253 g/mol. The second kappa shape index (κ2) is 5.97. The standard InChI is InChI=1S/C11H15N3O4/c1-7(6-12)11(15)13-9-4-3-8(14(16)17)5-10(9)18-2/h3-5,7H,6,12H2,1-2H3,(H,13,15). The van der Waals surface area contributed by atoms with Gasteiger partial charge in [-0.3, -0.25) is 14.9 Å². The number of nitrogens with two attached hydrogens (primary N) is 1. The molecule has 0 radical (unpaired) electrons. The number of anilines is 1. The number of nitro benzene ring substituents is 1. The van der Waals surface area contributed by atoms with Gasteiger partial charge in [0.15, 0.2) is 0 Å². The van der Waals surface area contributed by atoms with Crippen molar-refractivity contribution in [1.82, 2.24) is 0 Å². The molecule has 0 saturated heterocycles. The SMILES string of the molecule is COc1cc([N+](=O)[O-])ccc1NC(=O)C(C)CN. The summed E-state index contributed by atoms with van der Waals surface area (Å²) in [5, 5.41) is 13.2. The van der Waals surface area contributed by atoms with E-state index in [0.29, 0.717) is 5.69 Å². The van der Waals surface area contributed by atoms with E-state index in [-0.39, 0.29) is 29.8 Å². The van der Waals surface area contributed by atoms with E-state index in [0.717, 1.165) is 0 Å². The molecule has 0 aliphatic carbocycles. The molecule has 0 fully saturated rings. The van der Waals surface area contributed by atoms with Crippen molar-refractivity contribution in [2.45, 2.75) is 6.92 Å². The third-order valence-corrected chi connectivity index (χ3v) is 2.45. The zero-order valence-corrected chi connectivity index (χ0v) is 10.2. The van der Waals surface area contributed by atoms with Crippen LogP contribution in [0, 0.1) is 16.0 Å². The first kappa shape index (κ1) is 13.9. The Kier molecular flexibility index (Phi) is 4.61. The Labute approximate surface area is 104 Å². The van der Waals surface area contributed by atoms with Gasteiger partial charge < -0.3 is 15.8 Å². The van der Waals surface area contributed by atoms with E-state index >= 15 is 0 Å². The third kappa shape index (κ3) is 3.17. The fraction of sp³-hybridized carbons (Fsp3) is 0.364. The largest absolute Gasteiger partial charge is 0.494 e. The summed E-state index contributed by atoms with van der Waals surface area (Å²) in [6.45, 7) is 1.91. The molecule has 1 unspecified atom stereocenters. The molecule has 1 amide bonds. The van der Waals surface area contributed by atoms with Crippen molar-refractivity contribution in [3.05, 3.63) is 28.3 Å². The molecule has 7 nitrogen and oxygen atoms in total. The molecule has 1 aromatic carbocycles. The Bertz CT molecular complexity index is 462. The summed E-state index contributed by atoms with van der Waals surface area (Å²) < 4.78 is 5.00. The van der Waals surface area contributed by atoms with Crippen LogP contribution in [0.25, 0.3) is 0 Å². The van der Waals surface area contributed by atoms with Gasteiger partial charge in [-0.2, -0.15) is 0 Å². The Balaban J connectivity index is 2.96. The highest BCUT2D eigenvalue weighted by Gasteiger charge is 2.16. The maximum atomic E-state index is 11.6. The third-order valence-electron chi connectivity index (χ3n) is 2.45. The fourth-order valence-corrected chi connectivity index (χ4v) is 1.26. The number of non-ortho nitro benzene ring substituents is 1. The second-order valence-electron chi connectivity index (χ2n) is 3.77. The van der Waals surface area contributed by atoms with Gasteiger partial charge in [-0.15, -0.1) is 0 Å². The fourth-order valence-electron chi connectivity index (χ4n) is 1.26. The molecular weight excluding hydrogens is 238 g/mol. The normalized spacial score (nSPS) is 11.7. The van der Waals surface area contributed by atoms with E-state index in [1.165, 1.54) is 25.3 Å². The van der Waals surface area contributed by atoms with Gasteiger partial charge in [-0.1, -0.05) is 6.92 Å². The Morgan fingerprint density at radius 2 is 2.28 bits per heavy atom. The van der Waals surface area contributed by atoms with E-state index in [4.69, 9.17) is 10.5 Å². The smallest absolute Gasteiger partial charge is 0.273 e. The molecule has 1 aromatic rings. The van der Waals surface area contributed by atoms with E-state index in [1.807, 2.05) is 0 Å². The van der Waals surface area contributed by atoms with Crippen molar-refractivity contribution in [3.8, 4) is 5.75 Å². The number of amides is 1. The predicted octanol–water partition coefficient (Wildman–Crippen LogP) is 1.14. The maximum absolute atomic E-state index is 11.6. The number of benzene rings is 1. The molecule has 0 spiro atoms. The van der Waals surface area contributed by atoms with Crippen LogP contribution in [0.5, 0.6) is 5.75 Å². The molecule has 0 aliphatic rings. The van der Waals surface area contributed by atoms with Crippen LogP contribution in [0.2, 0.25) is 0 Å². The van der Waals surface area contributed by atoms with Gasteiger partial charge in [0.25, 0.3) is 5.69 Å². The Morgan fingerprint density at radius 3 is 2.78 bits per heavy atom. The molecule has 1 rings (SSSR count). The molecule has 3 N–H and O–H groups in total. The molecule has 7 heteroatoms. The van der Waals surface area contributed by atoms with Gasteiger partial charge in [-0.25, -0.2) is 0 Å². The number of nitrogens with one attached hydrogen (secondary N) is 1. The lowest BCUT2D eigenvalue weighted by Crippen LogP contribution is -2.26. The molecule has 0 heterocycles. The van der Waals surface area contributed by atoms with Crippen molar-refractivity contribution in [1.29, 1.82) is 0 Å². The maximum Gasteiger partial charge on any atom is 0.273 e. The van der Waals surface area contributed by atoms with Crippen LogP contribution in [0.15, 0.2) is 18.2 Å². The van der Waals surface area contributed by atoms with Gasteiger partial charge in [0.2, 0.25) is 5.91 Å². The van der Waals surface area contributed by atoms with Gasteiger partial charge in [0, 0.05) is 18.5 Å². The molecule has 98 valence electrons. The number of carbonyl (C=O) groups is 1. The summed E-state index contributed by atoms with van der Waals surface area (Å²) in [7, 11) is 1.38. The lowest BCUT2D eigenvalue weighted by Gasteiger charge is -2.12.